The second kappa shape index (κ2) is 12.2. The molecule has 4 atom stereocenters. The molecule has 0 radical (unpaired) electrons. The van der Waals surface area contributed by atoms with E-state index in [0.717, 1.165) is 5.56 Å². The number of ketones is 1. The SMILES string of the molecule is COc1ccc(C(=O)COC(=O)c2cc(-c3ccc(N4C(=O)C5CC(Br)C(Br)CC5C4=O)cc3)nc3c(C)cccc23)cc1. The van der Waals surface area contributed by atoms with E-state index in [1.165, 1.54) is 4.90 Å². The molecule has 2 heterocycles. The lowest BCUT2D eigenvalue weighted by atomic mass is 9.81. The van der Waals surface area contributed by atoms with Crippen molar-refractivity contribution in [1.82, 2.24) is 4.98 Å². The molecule has 1 aliphatic heterocycles. The highest BCUT2D eigenvalue weighted by atomic mass is 79.9. The van der Waals surface area contributed by atoms with Crippen LogP contribution in [0.15, 0.2) is 72.8 Å². The summed E-state index contributed by atoms with van der Waals surface area (Å²) in [6.07, 6.45) is 1.20. The number of carbonyl (C=O) groups excluding carboxylic acids is 4. The van der Waals surface area contributed by atoms with Crippen molar-refractivity contribution < 1.29 is 28.7 Å². The van der Waals surface area contributed by atoms with E-state index < -0.39 is 12.6 Å². The van der Waals surface area contributed by atoms with Gasteiger partial charge in [0.2, 0.25) is 11.8 Å². The van der Waals surface area contributed by atoms with Crippen molar-refractivity contribution >= 4 is 72.0 Å². The van der Waals surface area contributed by atoms with Gasteiger partial charge in [0, 0.05) is 26.2 Å². The van der Waals surface area contributed by atoms with Gasteiger partial charge < -0.3 is 9.47 Å². The van der Waals surface area contributed by atoms with Gasteiger partial charge in [-0.1, -0.05) is 62.2 Å². The van der Waals surface area contributed by atoms with E-state index in [2.05, 4.69) is 31.9 Å². The van der Waals surface area contributed by atoms with Crippen LogP contribution in [-0.2, 0) is 14.3 Å². The van der Waals surface area contributed by atoms with Crippen LogP contribution < -0.4 is 9.64 Å². The number of alkyl halides is 2. The first kappa shape index (κ1) is 30.1. The van der Waals surface area contributed by atoms with E-state index >= 15 is 0 Å². The maximum Gasteiger partial charge on any atom is 0.339 e. The number of hydrogen-bond acceptors (Lipinski definition) is 7. The number of benzene rings is 3. The molecular weight excluding hydrogens is 692 g/mol. The number of pyridine rings is 1. The quantitative estimate of drug-likeness (QED) is 0.0909. The van der Waals surface area contributed by atoms with Gasteiger partial charge >= 0.3 is 5.97 Å². The molecule has 0 bridgehead atoms. The van der Waals surface area contributed by atoms with Crippen LogP contribution in [0.5, 0.6) is 5.75 Å². The standard InChI is InChI=1S/C34H28Br2N2O6/c1-18-4-3-5-23-26(34(42)44-17-30(39)20-8-12-22(43-2)13-9-20)16-29(37-31(18)23)19-6-10-21(11-7-19)38-32(40)24-14-27(35)28(36)15-25(24)33(38)41/h3-13,16,24-25,27-28H,14-15,17H2,1-2H3. The summed E-state index contributed by atoms with van der Waals surface area (Å²) in [5.74, 6) is -1.39. The first-order valence-corrected chi connectivity index (χ1v) is 16.0. The van der Waals surface area contributed by atoms with Gasteiger partial charge in [-0.05, 0) is 67.8 Å². The Bertz CT molecular complexity index is 1760. The predicted molar refractivity (Wildman–Crippen MR) is 174 cm³/mol. The fourth-order valence-electron chi connectivity index (χ4n) is 5.91. The van der Waals surface area contributed by atoms with E-state index in [1.807, 2.05) is 19.1 Å². The number of halogens is 2. The number of esters is 1. The van der Waals surface area contributed by atoms with Crippen molar-refractivity contribution in [2.45, 2.75) is 29.4 Å². The monoisotopic (exact) mass is 718 g/mol. The van der Waals surface area contributed by atoms with E-state index in [-0.39, 0.29) is 44.7 Å². The number of amides is 2. The number of aromatic nitrogens is 1. The number of rotatable bonds is 7. The average molecular weight is 720 g/mol. The number of aryl methyl sites for hydroxylation is 1. The zero-order valence-electron chi connectivity index (χ0n) is 24.0. The summed E-state index contributed by atoms with van der Waals surface area (Å²) in [6, 6.07) is 20.8. The Labute approximate surface area is 271 Å². The van der Waals surface area contributed by atoms with Crippen LogP contribution in [-0.4, -0.2) is 51.9 Å². The average Bonchev–Trinajstić information content (AvgIpc) is 3.27. The fourth-order valence-corrected chi connectivity index (χ4v) is 7.15. The number of carbonyl (C=O) groups is 4. The van der Waals surface area contributed by atoms with E-state index in [1.54, 1.807) is 67.8 Å². The second-order valence-corrected chi connectivity index (χ2v) is 13.4. The summed E-state index contributed by atoms with van der Waals surface area (Å²) in [5.41, 5.74) is 3.90. The van der Waals surface area contributed by atoms with Crippen LogP contribution in [0.4, 0.5) is 5.69 Å². The van der Waals surface area contributed by atoms with Gasteiger partial charge in [-0.3, -0.25) is 19.3 Å². The molecule has 224 valence electrons. The molecule has 1 saturated heterocycles. The molecule has 0 spiro atoms. The van der Waals surface area contributed by atoms with Gasteiger partial charge in [0.15, 0.2) is 12.4 Å². The Balaban J connectivity index is 1.26. The molecule has 1 aliphatic carbocycles. The zero-order valence-corrected chi connectivity index (χ0v) is 27.1. The molecule has 1 saturated carbocycles. The third-order valence-corrected chi connectivity index (χ3v) is 11.1. The molecule has 2 amide bonds. The van der Waals surface area contributed by atoms with Gasteiger partial charge in [0.1, 0.15) is 5.75 Å². The summed E-state index contributed by atoms with van der Waals surface area (Å²) in [5, 5.41) is 0.610. The lowest BCUT2D eigenvalue weighted by molar-refractivity contribution is -0.122. The van der Waals surface area contributed by atoms with Gasteiger partial charge in [0.05, 0.1) is 41.4 Å². The van der Waals surface area contributed by atoms with E-state index in [9.17, 15) is 19.2 Å². The first-order chi connectivity index (χ1) is 21.2. The number of nitrogens with zero attached hydrogens (tertiary/aromatic N) is 2. The minimum Gasteiger partial charge on any atom is -0.497 e. The van der Waals surface area contributed by atoms with Crippen LogP contribution in [0.1, 0.15) is 39.1 Å². The van der Waals surface area contributed by atoms with Crippen molar-refractivity contribution in [1.29, 1.82) is 0 Å². The Morgan fingerprint density at radius 3 is 2.16 bits per heavy atom. The van der Waals surface area contributed by atoms with E-state index in [4.69, 9.17) is 14.5 Å². The molecule has 4 aromatic rings. The number of hydrogen-bond donors (Lipinski definition) is 0. The van der Waals surface area contributed by atoms with Crippen molar-refractivity contribution in [2.24, 2.45) is 11.8 Å². The summed E-state index contributed by atoms with van der Waals surface area (Å²) in [4.78, 5) is 59.0. The first-order valence-electron chi connectivity index (χ1n) is 14.2. The largest absolute Gasteiger partial charge is 0.497 e. The lowest BCUT2D eigenvalue weighted by Gasteiger charge is -2.29. The number of imide groups is 1. The van der Waals surface area contributed by atoms with Crippen molar-refractivity contribution in [2.75, 3.05) is 18.6 Å². The van der Waals surface area contributed by atoms with Crippen molar-refractivity contribution in [3.63, 3.8) is 0 Å². The number of anilines is 1. The third kappa shape index (κ3) is 5.57. The molecular formula is C34H28Br2N2O6. The van der Waals surface area contributed by atoms with Crippen LogP contribution in [0.2, 0.25) is 0 Å². The second-order valence-electron chi connectivity index (χ2n) is 11.0. The van der Waals surface area contributed by atoms with Gasteiger partial charge in [0.25, 0.3) is 0 Å². The number of para-hydroxylation sites is 1. The summed E-state index contributed by atoms with van der Waals surface area (Å²) < 4.78 is 10.6. The molecule has 2 fully saturated rings. The van der Waals surface area contributed by atoms with Gasteiger partial charge in [-0.15, -0.1) is 0 Å². The molecule has 4 unspecified atom stereocenters. The van der Waals surface area contributed by atoms with Crippen molar-refractivity contribution in [3.8, 4) is 17.0 Å². The summed E-state index contributed by atoms with van der Waals surface area (Å²) >= 11 is 7.26. The molecule has 3 aromatic carbocycles. The Kier molecular flexibility index (Phi) is 8.39. The molecule has 10 heteroatoms. The molecule has 2 aliphatic rings. The van der Waals surface area contributed by atoms with Crippen LogP contribution in [0, 0.1) is 18.8 Å². The van der Waals surface area contributed by atoms with E-state index in [0.29, 0.717) is 52.0 Å². The van der Waals surface area contributed by atoms with Crippen LogP contribution in [0.25, 0.3) is 22.2 Å². The molecule has 44 heavy (non-hydrogen) atoms. The number of Topliss-reactive ketones (excluding diaryl/α,β-unsaturated/α-hetero) is 1. The highest BCUT2D eigenvalue weighted by Crippen LogP contribution is 2.44. The number of ether oxygens (including phenoxy) is 2. The van der Waals surface area contributed by atoms with Crippen molar-refractivity contribution in [3.05, 3.63) is 89.5 Å². The number of fused-ring (bicyclic) bond motifs is 2. The third-order valence-electron chi connectivity index (χ3n) is 8.34. The van der Waals surface area contributed by atoms with Crippen LogP contribution >= 0.6 is 31.9 Å². The molecule has 0 N–H and O–H groups in total. The topological polar surface area (TPSA) is 103 Å². The normalized spacial score (nSPS) is 21.3. The van der Waals surface area contributed by atoms with Gasteiger partial charge in [-0.25, -0.2) is 9.78 Å². The molecule has 8 nitrogen and oxygen atoms in total. The maximum absolute atomic E-state index is 13.3. The lowest BCUT2D eigenvalue weighted by Crippen LogP contribution is -2.34. The minimum absolute atomic E-state index is 0.131. The smallest absolute Gasteiger partial charge is 0.339 e. The fraction of sp³-hybridized carbons (Fsp3) is 0.265. The zero-order chi connectivity index (χ0) is 31.1. The summed E-state index contributed by atoms with van der Waals surface area (Å²) in [7, 11) is 1.54. The Morgan fingerprint density at radius 2 is 1.55 bits per heavy atom. The minimum atomic E-state index is -0.645. The molecule has 1 aromatic heterocycles. The maximum atomic E-state index is 13.3. The number of methoxy groups -OCH3 is 1. The predicted octanol–water partition coefficient (Wildman–Crippen LogP) is 6.68. The highest BCUT2D eigenvalue weighted by molar-refractivity contribution is 9.12. The molecule has 6 rings (SSSR count). The summed E-state index contributed by atoms with van der Waals surface area (Å²) in [6.45, 7) is 1.49. The highest BCUT2D eigenvalue weighted by Gasteiger charge is 2.52. The Morgan fingerprint density at radius 1 is 0.909 bits per heavy atom. The Hall–Kier alpha value is -3.89. The van der Waals surface area contributed by atoms with Crippen LogP contribution in [0.3, 0.4) is 0 Å². The van der Waals surface area contributed by atoms with Gasteiger partial charge in [-0.2, -0.15) is 0 Å².